The molecule has 0 atom stereocenters. The molecule has 3 rings (SSSR count). The molecular weight excluding hydrogens is 394 g/mol. The number of carbonyl (C=O) groups is 2. The van der Waals surface area contributed by atoms with Gasteiger partial charge in [0.2, 0.25) is 5.91 Å². The molecule has 162 valence electrons. The Bertz CT molecular complexity index is 1140. The lowest BCUT2D eigenvalue weighted by Crippen LogP contribution is -2.12. The van der Waals surface area contributed by atoms with Crippen LogP contribution in [0.1, 0.15) is 45.5 Å². The molecule has 1 aromatic carbocycles. The summed E-state index contributed by atoms with van der Waals surface area (Å²) in [6, 6.07) is 7.25. The largest absolute Gasteiger partial charge is 0.465 e. The van der Waals surface area contributed by atoms with Crippen molar-refractivity contribution >= 4 is 23.6 Å². The van der Waals surface area contributed by atoms with Crippen LogP contribution in [0.15, 0.2) is 36.5 Å². The highest BCUT2D eigenvalue weighted by Crippen LogP contribution is 2.22. The summed E-state index contributed by atoms with van der Waals surface area (Å²) < 4.78 is 8.51. The van der Waals surface area contributed by atoms with Crippen LogP contribution < -0.4 is 5.32 Å². The Morgan fingerprint density at radius 2 is 1.87 bits per heavy atom. The molecule has 0 spiro atoms. The van der Waals surface area contributed by atoms with E-state index in [4.69, 9.17) is 4.74 Å². The number of amides is 1. The molecule has 0 saturated heterocycles. The third-order valence-electron chi connectivity index (χ3n) is 5.23. The normalized spacial score (nSPS) is 11.1. The minimum absolute atomic E-state index is 0.246. The number of esters is 1. The van der Waals surface area contributed by atoms with Crippen LogP contribution in [-0.2, 0) is 22.6 Å². The fourth-order valence-electron chi connectivity index (χ4n) is 3.43. The highest BCUT2D eigenvalue weighted by atomic mass is 16.5. The van der Waals surface area contributed by atoms with Gasteiger partial charge in [-0.3, -0.25) is 14.2 Å². The summed E-state index contributed by atoms with van der Waals surface area (Å²) in [5, 5.41) is 11.7. The zero-order chi connectivity index (χ0) is 22.5. The lowest BCUT2D eigenvalue weighted by molar-refractivity contribution is -0.111. The smallest absolute Gasteiger partial charge is 0.338 e. The first-order valence-corrected chi connectivity index (χ1v) is 10.1. The highest BCUT2D eigenvalue weighted by Gasteiger charge is 2.16. The van der Waals surface area contributed by atoms with E-state index < -0.39 is 5.97 Å². The second kappa shape index (κ2) is 9.42. The molecule has 0 unspecified atom stereocenters. The predicted octanol–water partition coefficient (Wildman–Crippen LogP) is 3.51. The summed E-state index contributed by atoms with van der Waals surface area (Å²) in [7, 11) is 1.36. The Morgan fingerprint density at radius 1 is 1.13 bits per heavy atom. The number of nitrogens with one attached hydrogen (secondary N) is 1. The number of hydrogen-bond acceptors (Lipinski definition) is 5. The Balaban J connectivity index is 1.77. The number of anilines is 1. The molecule has 2 aromatic heterocycles. The van der Waals surface area contributed by atoms with Gasteiger partial charge >= 0.3 is 5.97 Å². The minimum Gasteiger partial charge on any atom is -0.465 e. The second-order valence-corrected chi connectivity index (χ2v) is 7.18. The molecule has 31 heavy (non-hydrogen) atoms. The van der Waals surface area contributed by atoms with Gasteiger partial charge in [0.15, 0.2) is 0 Å². The molecule has 3 aromatic rings. The summed E-state index contributed by atoms with van der Waals surface area (Å²) in [5.74, 6) is -0.637. The van der Waals surface area contributed by atoms with Gasteiger partial charge in [-0.2, -0.15) is 10.2 Å². The van der Waals surface area contributed by atoms with Crippen molar-refractivity contribution < 1.29 is 14.3 Å². The number of rotatable bonds is 7. The maximum atomic E-state index is 12.5. The number of aryl methyl sites for hydroxylation is 2. The van der Waals surface area contributed by atoms with Gasteiger partial charge in [0, 0.05) is 23.9 Å². The molecule has 8 heteroatoms. The van der Waals surface area contributed by atoms with E-state index in [0.717, 1.165) is 29.1 Å². The topological polar surface area (TPSA) is 91.0 Å². The van der Waals surface area contributed by atoms with Crippen LogP contribution in [-0.4, -0.2) is 38.5 Å². The van der Waals surface area contributed by atoms with E-state index in [1.165, 1.54) is 13.2 Å². The first-order chi connectivity index (χ1) is 14.8. The summed E-state index contributed by atoms with van der Waals surface area (Å²) >= 11 is 0. The summed E-state index contributed by atoms with van der Waals surface area (Å²) in [4.78, 5) is 24.5. The van der Waals surface area contributed by atoms with Crippen LogP contribution in [0, 0.1) is 20.8 Å². The Morgan fingerprint density at radius 3 is 2.55 bits per heavy atom. The first-order valence-electron chi connectivity index (χ1n) is 10.1. The van der Waals surface area contributed by atoms with Crippen LogP contribution in [0.3, 0.4) is 0 Å². The van der Waals surface area contributed by atoms with Crippen molar-refractivity contribution in [1.29, 1.82) is 0 Å². The van der Waals surface area contributed by atoms with Crippen molar-refractivity contribution in [2.45, 2.75) is 40.8 Å². The zero-order valence-electron chi connectivity index (χ0n) is 18.5. The molecule has 0 radical (unpaired) electrons. The molecular formula is C23H27N5O3. The number of benzene rings is 1. The monoisotopic (exact) mass is 421 g/mol. The fraction of sp³-hybridized carbons (Fsp3) is 0.304. The van der Waals surface area contributed by atoms with Crippen molar-refractivity contribution in [3.05, 3.63) is 70.3 Å². The Labute approximate surface area is 181 Å². The summed E-state index contributed by atoms with van der Waals surface area (Å²) in [5.41, 5.74) is 5.36. The standard InChI is InChI=1S/C23H27N5O3/c1-6-27-16(3)18(13-24-27)11-12-21(29)25-22-15(2)26-28(17(22)4)14-19-9-7-8-10-20(19)23(30)31-5/h7-13H,6,14H2,1-5H3,(H,25,29)/b12-11+. The van der Waals surface area contributed by atoms with Crippen molar-refractivity contribution in [1.82, 2.24) is 19.6 Å². The Hall–Kier alpha value is -3.68. The number of methoxy groups -OCH3 is 1. The number of hydrogen-bond donors (Lipinski definition) is 1. The van der Waals surface area contributed by atoms with E-state index in [1.807, 2.05) is 44.5 Å². The highest BCUT2D eigenvalue weighted by molar-refractivity contribution is 6.02. The first kappa shape index (κ1) is 22.0. The van der Waals surface area contributed by atoms with Crippen LogP contribution in [0.5, 0.6) is 0 Å². The van der Waals surface area contributed by atoms with E-state index in [2.05, 4.69) is 15.5 Å². The van der Waals surface area contributed by atoms with Crippen LogP contribution in [0.4, 0.5) is 5.69 Å². The van der Waals surface area contributed by atoms with Crippen molar-refractivity contribution in [2.75, 3.05) is 12.4 Å². The van der Waals surface area contributed by atoms with Gasteiger partial charge in [-0.25, -0.2) is 4.79 Å². The van der Waals surface area contributed by atoms with Crippen LogP contribution >= 0.6 is 0 Å². The summed E-state index contributed by atoms with van der Waals surface area (Å²) in [6.45, 7) is 8.88. The number of aromatic nitrogens is 4. The van der Waals surface area contributed by atoms with Gasteiger partial charge in [0.05, 0.1) is 42.5 Å². The molecule has 0 aliphatic rings. The molecule has 0 saturated carbocycles. The van der Waals surface area contributed by atoms with Gasteiger partial charge in [-0.05, 0) is 45.4 Å². The van der Waals surface area contributed by atoms with E-state index in [0.29, 0.717) is 23.5 Å². The number of carbonyl (C=O) groups excluding carboxylic acids is 2. The molecule has 0 fully saturated rings. The van der Waals surface area contributed by atoms with E-state index in [-0.39, 0.29) is 5.91 Å². The molecule has 1 amide bonds. The lowest BCUT2D eigenvalue weighted by Gasteiger charge is -2.10. The van der Waals surface area contributed by atoms with Crippen molar-refractivity contribution in [3.63, 3.8) is 0 Å². The van der Waals surface area contributed by atoms with E-state index in [1.54, 1.807) is 29.1 Å². The average Bonchev–Trinajstić information content (AvgIpc) is 3.25. The van der Waals surface area contributed by atoms with E-state index >= 15 is 0 Å². The molecule has 0 aliphatic carbocycles. The maximum Gasteiger partial charge on any atom is 0.338 e. The van der Waals surface area contributed by atoms with Gasteiger partial charge in [-0.15, -0.1) is 0 Å². The quantitative estimate of drug-likeness (QED) is 0.466. The third kappa shape index (κ3) is 4.74. The Kier molecular flexibility index (Phi) is 6.69. The predicted molar refractivity (Wildman–Crippen MR) is 119 cm³/mol. The van der Waals surface area contributed by atoms with Crippen LogP contribution in [0.25, 0.3) is 6.08 Å². The maximum absolute atomic E-state index is 12.5. The van der Waals surface area contributed by atoms with Gasteiger partial charge in [0.1, 0.15) is 0 Å². The number of nitrogens with zero attached hydrogens (tertiary/aromatic N) is 4. The van der Waals surface area contributed by atoms with Crippen molar-refractivity contribution in [3.8, 4) is 0 Å². The second-order valence-electron chi connectivity index (χ2n) is 7.18. The van der Waals surface area contributed by atoms with Gasteiger partial charge in [-0.1, -0.05) is 18.2 Å². The third-order valence-corrected chi connectivity index (χ3v) is 5.23. The number of ether oxygens (including phenoxy) is 1. The summed E-state index contributed by atoms with van der Waals surface area (Å²) in [6.07, 6.45) is 4.99. The SMILES string of the molecule is CCn1ncc(/C=C/C(=O)Nc2c(C)nn(Cc3ccccc3C(=O)OC)c2C)c1C. The lowest BCUT2D eigenvalue weighted by atomic mass is 10.1. The van der Waals surface area contributed by atoms with Gasteiger partial charge < -0.3 is 10.1 Å². The average molecular weight is 422 g/mol. The molecule has 0 aliphatic heterocycles. The molecule has 8 nitrogen and oxygen atoms in total. The van der Waals surface area contributed by atoms with Gasteiger partial charge in [0.25, 0.3) is 0 Å². The molecule has 0 bridgehead atoms. The van der Waals surface area contributed by atoms with Crippen molar-refractivity contribution in [2.24, 2.45) is 0 Å². The van der Waals surface area contributed by atoms with E-state index in [9.17, 15) is 9.59 Å². The molecule has 1 N–H and O–H groups in total. The zero-order valence-corrected chi connectivity index (χ0v) is 18.5. The van der Waals surface area contributed by atoms with Crippen LogP contribution in [0.2, 0.25) is 0 Å². The minimum atomic E-state index is -0.391. The fourth-order valence-corrected chi connectivity index (χ4v) is 3.43. The molecule has 2 heterocycles.